The van der Waals surface area contributed by atoms with Crippen LogP contribution in [0.15, 0.2) is 24.3 Å². The van der Waals surface area contributed by atoms with Crippen LogP contribution in [0.2, 0.25) is 0 Å². The summed E-state index contributed by atoms with van der Waals surface area (Å²) in [5, 5.41) is 6.51. The van der Waals surface area contributed by atoms with Crippen LogP contribution in [0.5, 0.6) is 0 Å². The highest BCUT2D eigenvalue weighted by Gasteiger charge is 2.46. The lowest BCUT2D eigenvalue weighted by Gasteiger charge is -2.40. The molecule has 152 valence electrons. The van der Waals surface area contributed by atoms with Crippen LogP contribution < -0.4 is 10.6 Å². The molecule has 4 rings (SSSR count). The number of fused-ring (bicyclic) bond motifs is 1. The number of hydrogen-bond donors (Lipinski definition) is 2. The zero-order valence-electron chi connectivity index (χ0n) is 16.9. The van der Waals surface area contributed by atoms with Crippen molar-refractivity contribution in [3.63, 3.8) is 0 Å². The molecule has 0 aromatic heterocycles. The van der Waals surface area contributed by atoms with Crippen LogP contribution in [-0.2, 0) is 6.54 Å². The fraction of sp³-hybridized carbons (Fsp3) is 0.619. The second-order valence-electron chi connectivity index (χ2n) is 8.49. The Bertz CT molecular complexity index is 731. The summed E-state index contributed by atoms with van der Waals surface area (Å²) in [6, 6.07) is 8.49. The molecule has 0 spiro atoms. The van der Waals surface area contributed by atoms with Gasteiger partial charge in [0.1, 0.15) is 0 Å². The molecule has 28 heavy (non-hydrogen) atoms. The molecule has 0 aliphatic carbocycles. The lowest BCUT2D eigenvalue weighted by atomic mass is 9.95. The first-order valence-corrected chi connectivity index (χ1v) is 10.4. The zero-order valence-corrected chi connectivity index (χ0v) is 16.9. The molecular weight excluding hydrogens is 354 g/mol. The van der Waals surface area contributed by atoms with E-state index in [1.54, 1.807) is 0 Å². The van der Waals surface area contributed by atoms with E-state index in [1.807, 2.05) is 37.2 Å². The van der Waals surface area contributed by atoms with Gasteiger partial charge in [0.25, 0.3) is 5.91 Å². The maximum Gasteiger partial charge on any atom is 0.318 e. The summed E-state index contributed by atoms with van der Waals surface area (Å²) in [6.07, 6.45) is 2.87. The quantitative estimate of drug-likeness (QED) is 0.815. The van der Waals surface area contributed by atoms with E-state index < -0.39 is 0 Å². The molecule has 2 unspecified atom stereocenters. The molecule has 0 bridgehead atoms. The third-order valence-electron chi connectivity index (χ3n) is 6.14. The molecule has 7 heteroatoms. The molecule has 1 aromatic rings. The van der Waals surface area contributed by atoms with Crippen molar-refractivity contribution in [3.05, 3.63) is 35.4 Å². The van der Waals surface area contributed by atoms with Crippen LogP contribution in [0.25, 0.3) is 0 Å². The molecule has 3 heterocycles. The number of carbonyl (C=O) groups excluding carboxylic acids is 2. The molecule has 0 radical (unpaired) electrons. The topological polar surface area (TPSA) is 67.9 Å². The first kappa shape index (κ1) is 19.2. The third-order valence-corrected chi connectivity index (χ3v) is 6.14. The van der Waals surface area contributed by atoms with Crippen molar-refractivity contribution in [2.24, 2.45) is 0 Å². The maximum atomic E-state index is 13.1. The summed E-state index contributed by atoms with van der Waals surface area (Å²) in [7, 11) is 4.05. The normalized spacial score (nSPS) is 25.8. The molecule has 0 saturated carbocycles. The summed E-state index contributed by atoms with van der Waals surface area (Å²) in [4.78, 5) is 31.8. The fourth-order valence-electron chi connectivity index (χ4n) is 4.85. The predicted molar refractivity (Wildman–Crippen MR) is 108 cm³/mol. The van der Waals surface area contributed by atoms with Gasteiger partial charge in [0.2, 0.25) is 0 Å². The molecule has 7 nitrogen and oxygen atoms in total. The van der Waals surface area contributed by atoms with E-state index in [4.69, 9.17) is 0 Å². The van der Waals surface area contributed by atoms with E-state index in [-0.39, 0.29) is 24.0 Å². The number of nitrogens with one attached hydrogen (secondary N) is 2. The minimum absolute atomic E-state index is 0.0324. The first-order chi connectivity index (χ1) is 13.5. The van der Waals surface area contributed by atoms with Crippen LogP contribution in [0.1, 0.15) is 35.2 Å². The second kappa shape index (κ2) is 8.09. The van der Waals surface area contributed by atoms with E-state index in [0.717, 1.165) is 50.0 Å². The van der Waals surface area contributed by atoms with Crippen molar-refractivity contribution < 1.29 is 9.59 Å². The predicted octanol–water partition coefficient (Wildman–Crippen LogP) is 1.11. The van der Waals surface area contributed by atoms with Crippen molar-refractivity contribution >= 4 is 11.9 Å². The Balaban J connectivity index is 1.43. The van der Waals surface area contributed by atoms with Gasteiger partial charge in [0, 0.05) is 31.2 Å². The highest BCUT2D eigenvalue weighted by atomic mass is 16.2. The van der Waals surface area contributed by atoms with Crippen molar-refractivity contribution in [2.45, 2.75) is 43.9 Å². The highest BCUT2D eigenvalue weighted by molar-refractivity contribution is 5.94. The largest absolute Gasteiger partial charge is 0.336 e. The molecule has 3 saturated heterocycles. The van der Waals surface area contributed by atoms with Gasteiger partial charge < -0.3 is 25.3 Å². The van der Waals surface area contributed by atoms with E-state index in [1.165, 1.54) is 0 Å². The number of amides is 3. The first-order valence-electron chi connectivity index (χ1n) is 10.4. The van der Waals surface area contributed by atoms with Gasteiger partial charge in [-0.25, -0.2) is 4.79 Å². The van der Waals surface area contributed by atoms with Gasteiger partial charge in [0.15, 0.2) is 0 Å². The van der Waals surface area contributed by atoms with Crippen molar-refractivity contribution in [2.75, 3.05) is 40.3 Å². The van der Waals surface area contributed by atoms with Gasteiger partial charge in [0.05, 0.1) is 12.1 Å². The van der Waals surface area contributed by atoms with Crippen LogP contribution in [0.3, 0.4) is 0 Å². The van der Waals surface area contributed by atoms with Crippen LogP contribution in [0.4, 0.5) is 4.79 Å². The molecular formula is C21H31N5O2. The van der Waals surface area contributed by atoms with E-state index in [2.05, 4.69) is 26.5 Å². The summed E-state index contributed by atoms with van der Waals surface area (Å²) in [5.74, 6) is 0.0635. The molecule has 3 amide bonds. The van der Waals surface area contributed by atoms with Crippen molar-refractivity contribution in [1.82, 2.24) is 25.3 Å². The number of piperidine rings is 2. The number of benzene rings is 1. The van der Waals surface area contributed by atoms with Gasteiger partial charge in [-0.15, -0.1) is 0 Å². The lowest BCUT2D eigenvalue weighted by molar-refractivity contribution is 0.0623. The van der Waals surface area contributed by atoms with Gasteiger partial charge in [-0.05, 0) is 64.1 Å². The number of urea groups is 1. The molecule has 2 atom stereocenters. The molecule has 3 aliphatic rings. The highest BCUT2D eigenvalue weighted by Crippen LogP contribution is 2.28. The molecule has 2 N–H and O–H groups in total. The van der Waals surface area contributed by atoms with Crippen LogP contribution in [-0.4, -0.2) is 85.0 Å². The minimum Gasteiger partial charge on any atom is -0.336 e. The Morgan fingerprint density at radius 2 is 2.00 bits per heavy atom. The monoisotopic (exact) mass is 385 g/mol. The minimum atomic E-state index is 0.0324. The zero-order chi connectivity index (χ0) is 19.7. The fourth-order valence-corrected chi connectivity index (χ4v) is 4.85. The Morgan fingerprint density at radius 1 is 1.21 bits per heavy atom. The van der Waals surface area contributed by atoms with Gasteiger partial charge in [-0.1, -0.05) is 12.1 Å². The smallest absolute Gasteiger partial charge is 0.318 e. The standard InChI is InChI=1S/C21H31N5O2/c1-24(2)13-15-4-3-5-16(12-15)20(27)25-11-8-19-18(14-25)23-21(28)26(19)17-6-9-22-10-7-17/h3-5,12,17-19,22H,6-11,13-14H2,1-2H3,(H,23,28). The van der Waals surface area contributed by atoms with E-state index in [9.17, 15) is 9.59 Å². The number of rotatable bonds is 4. The number of carbonyl (C=O) groups is 2. The SMILES string of the molecule is CN(C)Cc1cccc(C(=O)N2CCC3C(C2)NC(=O)N3C2CCNCC2)c1. The summed E-state index contributed by atoms with van der Waals surface area (Å²) < 4.78 is 0. The van der Waals surface area contributed by atoms with Crippen molar-refractivity contribution in [3.8, 4) is 0 Å². The molecule has 3 aliphatic heterocycles. The van der Waals surface area contributed by atoms with Crippen LogP contribution >= 0.6 is 0 Å². The number of hydrogen-bond acceptors (Lipinski definition) is 4. The summed E-state index contributed by atoms with van der Waals surface area (Å²) >= 11 is 0. The van der Waals surface area contributed by atoms with E-state index >= 15 is 0 Å². The van der Waals surface area contributed by atoms with E-state index in [0.29, 0.717) is 19.1 Å². The number of nitrogens with zero attached hydrogens (tertiary/aromatic N) is 3. The average Bonchev–Trinajstić information content (AvgIpc) is 3.02. The molecule has 1 aromatic carbocycles. The second-order valence-corrected chi connectivity index (χ2v) is 8.49. The lowest BCUT2D eigenvalue weighted by Crippen LogP contribution is -2.55. The molecule has 3 fully saturated rings. The third kappa shape index (κ3) is 3.86. The van der Waals surface area contributed by atoms with Gasteiger partial charge >= 0.3 is 6.03 Å². The van der Waals surface area contributed by atoms with Crippen molar-refractivity contribution in [1.29, 1.82) is 0 Å². The van der Waals surface area contributed by atoms with Gasteiger partial charge in [-0.2, -0.15) is 0 Å². The Kier molecular flexibility index (Phi) is 5.55. The average molecular weight is 386 g/mol. The maximum absolute atomic E-state index is 13.1. The number of likely N-dealkylation sites (tertiary alicyclic amines) is 1. The van der Waals surface area contributed by atoms with Gasteiger partial charge in [-0.3, -0.25) is 4.79 Å². The summed E-state index contributed by atoms with van der Waals surface area (Å²) in [6.45, 7) is 4.05. The Morgan fingerprint density at radius 3 is 2.75 bits per heavy atom. The summed E-state index contributed by atoms with van der Waals surface area (Å²) in [5.41, 5.74) is 1.87. The Labute approximate surface area is 167 Å². The van der Waals surface area contributed by atoms with Crippen LogP contribution in [0, 0.1) is 0 Å². The Hall–Kier alpha value is -2.12.